The van der Waals surface area contributed by atoms with Crippen LogP contribution in [0.15, 0.2) is 42.5 Å². The summed E-state index contributed by atoms with van der Waals surface area (Å²) in [5.41, 5.74) is 7.60. The van der Waals surface area contributed by atoms with Gasteiger partial charge in [-0.2, -0.15) is 0 Å². The van der Waals surface area contributed by atoms with Gasteiger partial charge in [0.25, 0.3) is 0 Å². The van der Waals surface area contributed by atoms with Gasteiger partial charge >= 0.3 is 6.09 Å². The van der Waals surface area contributed by atoms with E-state index in [0.717, 1.165) is 11.3 Å². The number of nitrogens with two attached hydrogens (primary N) is 1. The SMILES string of the molecule is CC(C)c1ccccc1Oc1cc(NC(=O)OC(C)(C)C)ccc1N. The largest absolute Gasteiger partial charge is 0.455 e. The topological polar surface area (TPSA) is 73.6 Å². The number of amides is 1. The number of hydrogen-bond acceptors (Lipinski definition) is 4. The maximum atomic E-state index is 11.9. The molecule has 3 N–H and O–H groups in total. The molecular weight excluding hydrogens is 316 g/mol. The van der Waals surface area contributed by atoms with Crippen molar-refractivity contribution in [3.8, 4) is 11.5 Å². The van der Waals surface area contributed by atoms with Gasteiger partial charge in [-0.05, 0) is 50.5 Å². The van der Waals surface area contributed by atoms with Crippen LogP contribution in [0.4, 0.5) is 16.2 Å². The fourth-order valence-electron chi connectivity index (χ4n) is 2.29. The van der Waals surface area contributed by atoms with E-state index in [1.165, 1.54) is 0 Å². The Morgan fingerprint density at radius 3 is 2.40 bits per heavy atom. The number of benzene rings is 2. The number of carbonyl (C=O) groups excluding carboxylic acids is 1. The molecule has 0 heterocycles. The first-order valence-electron chi connectivity index (χ1n) is 8.32. The van der Waals surface area contributed by atoms with E-state index in [9.17, 15) is 4.79 Å². The number of ether oxygens (including phenoxy) is 2. The smallest absolute Gasteiger partial charge is 0.412 e. The highest BCUT2D eigenvalue weighted by Gasteiger charge is 2.17. The van der Waals surface area contributed by atoms with E-state index in [-0.39, 0.29) is 0 Å². The van der Waals surface area contributed by atoms with Crippen molar-refractivity contribution in [2.45, 2.75) is 46.1 Å². The van der Waals surface area contributed by atoms with Crippen LogP contribution in [0.1, 0.15) is 46.1 Å². The van der Waals surface area contributed by atoms with Crippen molar-refractivity contribution >= 4 is 17.5 Å². The Hall–Kier alpha value is -2.69. The Bertz CT molecular complexity index is 749. The summed E-state index contributed by atoms with van der Waals surface area (Å²) in [6.07, 6.45) is -0.522. The van der Waals surface area contributed by atoms with Gasteiger partial charge in [0.2, 0.25) is 0 Å². The second kappa shape index (κ2) is 7.47. The van der Waals surface area contributed by atoms with E-state index < -0.39 is 11.7 Å². The van der Waals surface area contributed by atoms with Crippen LogP contribution in [0.3, 0.4) is 0 Å². The zero-order valence-corrected chi connectivity index (χ0v) is 15.4. The molecule has 1 amide bonds. The van der Waals surface area contributed by atoms with Gasteiger partial charge in [0.1, 0.15) is 11.4 Å². The molecule has 0 saturated carbocycles. The molecule has 5 heteroatoms. The molecule has 0 aliphatic heterocycles. The molecule has 2 aromatic carbocycles. The first-order valence-corrected chi connectivity index (χ1v) is 8.32. The number of para-hydroxylation sites is 1. The van der Waals surface area contributed by atoms with Crippen LogP contribution in [0.2, 0.25) is 0 Å². The number of nitrogens with one attached hydrogen (secondary N) is 1. The minimum absolute atomic E-state index is 0.320. The lowest BCUT2D eigenvalue weighted by atomic mass is 10.0. The zero-order chi connectivity index (χ0) is 18.6. The third kappa shape index (κ3) is 5.41. The lowest BCUT2D eigenvalue weighted by molar-refractivity contribution is 0.0636. The summed E-state index contributed by atoms with van der Waals surface area (Å²) in [7, 11) is 0. The average Bonchev–Trinajstić information content (AvgIpc) is 2.49. The first-order chi connectivity index (χ1) is 11.7. The number of hydrogen-bond donors (Lipinski definition) is 2. The summed E-state index contributed by atoms with van der Waals surface area (Å²) in [5, 5.41) is 2.69. The molecule has 0 spiro atoms. The summed E-state index contributed by atoms with van der Waals surface area (Å²) >= 11 is 0. The predicted octanol–water partition coefficient (Wildman–Crippen LogP) is 5.53. The van der Waals surface area contributed by atoms with Gasteiger partial charge in [-0.1, -0.05) is 32.0 Å². The van der Waals surface area contributed by atoms with Gasteiger partial charge in [-0.25, -0.2) is 4.79 Å². The zero-order valence-electron chi connectivity index (χ0n) is 15.4. The van der Waals surface area contributed by atoms with Crippen molar-refractivity contribution in [1.82, 2.24) is 0 Å². The van der Waals surface area contributed by atoms with Crippen LogP contribution < -0.4 is 15.8 Å². The van der Waals surface area contributed by atoms with E-state index in [1.54, 1.807) is 18.2 Å². The van der Waals surface area contributed by atoms with Crippen LogP contribution in [-0.2, 0) is 4.74 Å². The Morgan fingerprint density at radius 1 is 1.08 bits per heavy atom. The second-order valence-electron chi connectivity index (χ2n) is 7.17. The van der Waals surface area contributed by atoms with Crippen molar-refractivity contribution < 1.29 is 14.3 Å². The van der Waals surface area contributed by atoms with Crippen molar-refractivity contribution in [2.24, 2.45) is 0 Å². The van der Waals surface area contributed by atoms with Gasteiger partial charge in [0.15, 0.2) is 5.75 Å². The predicted molar refractivity (Wildman–Crippen MR) is 101 cm³/mol. The van der Waals surface area contributed by atoms with E-state index in [4.69, 9.17) is 15.2 Å². The van der Waals surface area contributed by atoms with E-state index in [1.807, 2.05) is 45.0 Å². The number of rotatable bonds is 4. The van der Waals surface area contributed by atoms with Crippen LogP contribution >= 0.6 is 0 Å². The van der Waals surface area contributed by atoms with Gasteiger partial charge in [-0.15, -0.1) is 0 Å². The quantitative estimate of drug-likeness (QED) is 0.716. The highest BCUT2D eigenvalue weighted by atomic mass is 16.6. The highest BCUT2D eigenvalue weighted by Crippen LogP contribution is 2.34. The third-order valence-electron chi connectivity index (χ3n) is 3.42. The van der Waals surface area contributed by atoms with Crippen LogP contribution in [0.5, 0.6) is 11.5 Å². The second-order valence-corrected chi connectivity index (χ2v) is 7.17. The molecule has 0 unspecified atom stereocenters. The number of anilines is 2. The van der Waals surface area contributed by atoms with Gasteiger partial charge in [-0.3, -0.25) is 5.32 Å². The Kier molecular flexibility index (Phi) is 5.57. The molecule has 0 aromatic heterocycles. The standard InChI is InChI=1S/C20H26N2O3/c1-13(2)15-8-6-7-9-17(15)24-18-12-14(10-11-16(18)21)22-19(23)25-20(3,4)5/h6-13H,21H2,1-5H3,(H,22,23). The van der Waals surface area contributed by atoms with Crippen molar-refractivity contribution in [3.05, 3.63) is 48.0 Å². The molecule has 0 radical (unpaired) electrons. The van der Waals surface area contributed by atoms with Crippen molar-refractivity contribution in [1.29, 1.82) is 0 Å². The normalized spacial score (nSPS) is 11.3. The number of nitrogen functional groups attached to an aromatic ring is 1. The molecule has 0 aliphatic carbocycles. The molecule has 5 nitrogen and oxygen atoms in total. The van der Waals surface area contributed by atoms with Crippen LogP contribution in [0, 0.1) is 0 Å². The first kappa shape index (κ1) is 18.6. The third-order valence-corrected chi connectivity index (χ3v) is 3.42. The molecule has 0 fully saturated rings. The monoisotopic (exact) mass is 342 g/mol. The maximum Gasteiger partial charge on any atom is 0.412 e. The van der Waals surface area contributed by atoms with Crippen LogP contribution in [-0.4, -0.2) is 11.7 Å². The minimum atomic E-state index is -0.562. The number of carbonyl (C=O) groups is 1. The van der Waals surface area contributed by atoms with E-state index in [0.29, 0.717) is 23.0 Å². The molecule has 2 aromatic rings. The van der Waals surface area contributed by atoms with Gasteiger partial charge < -0.3 is 15.2 Å². The molecule has 0 bridgehead atoms. The Morgan fingerprint density at radius 2 is 1.76 bits per heavy atom. The average molecular weight is 342 g/mol. The highest BCUT2D eigenvalue weighted by molar-refractivity contribution is 5.85. The molecule has 0 aliphatic rings. The summed E-state index contributed by atoms with van der Waals surface area (Å²) in [5.74, 6) is 1.56. The van der Waals surface area contributed by atoms with E-state index in [2.05, 4.69) is 19.2 Å². The molecule has 2 rings (SSSR count). The molecule has 25 heavy (non-hydrogen) atoms. The maximum absolute atomic E-state index is 11.9. The minimum Gasteiger partial charge on any atom is -0.455 e. The van der Waals surface area contributed by atoms with Gasteiger partial charge in [0, 0.05) is 11.8 Å². The van der Waals surface area contributed by atoms with Crippen molar-refractivity contribution in [2.75, 3.05) is 11.1 Å². The summed E-state index contributed by atoms with van der Waals surface area (Å²) in [6.45, 7) is 9.64. The molecule has 134 valence electrons. The fraction of sp³-hybridized carbons (Fsp3) is 0.350. The van der Waals surface area contributed by atoms with Crippen molar-refractivity contribution in [3.63, 3.8) is 0 Å². The Balaban J connectivity index is 2.21. The summed E-state index contributed by atoms with van der Waals surface area (Å²) in [6, 6.07) is 12.9. The molecule has 0 atom stereocenters. The van der Waals surface area contributed by atoms with E-state index >= 15 is 0 Å². The van der Waals surface area contributed by atoms with Crippen LogP contribution in [0.25, 0.3) is 0 Å². The summed E-state index contributed by atoms with van der Waals surface area (Å²) in [4.78, 5) is 11.9. The Labute approximate surface area is 149 Å². The lowest BCUT2D eigenvalue weighted by Gasteiger charge is -2.20. The van der Waals surface area contributed by atoms with Gasteiger partial charge in [0.05, 0.1) is 5.69 Å². The lowest BCUT2D eigenvalue weighted by Crippen LogP contribution is -2.27. The molecule has 0 saturated heterocycles. The fourth-order valence-corrected chi connectivity index (χ4v) is 2.29. The summed E-state index contributed by atoms with van der Waals surface area (Å²) < 4.78 is 11.3. The molecular formula is C20H26N2O3.